The van der Waals surface area contributed by atoms with Crippen LogP contribution in [0.1, 0.15) is 24.9 Å². The van der Waals surface area contributed by atoms with Crippen molar-refractivity contribution in [2.24, 2.45) is 5.73 Å². The van der Waals surface area contributed by atoms with Crippen molar-refractivity contribution >= 4 is 6.03 Å². The Hall–Kier alpha value is -1.62. The third-order valence-corrected chi connectivity index (χ3v) is 3.73. The minimum Gasteiger partial charge on any atom is -0.330 e. The van der Waals surface area contributed by atoms with Gasteiger partial charge in [0.2, 0.25) is 0 Å². The SMILES string of the molecule is CC(CCN)N1CC(c2cccc(F)c2)N(C)C1=O. The van der Waals surface area contributed by atoms with Crippen molar-refractivity contribution in [1.82, 2.24) is 9.80 Å². The van der Waals surface area contributed by atoms with Gasteiger partial charge in [-0.05, 0) is 37.6 Å². The van der Waals surface area contributed by atoms with E-state index in [0.29, 0.717) is 13.1 Å². The Morgan fingerprint density at radius 2 is 2.26 bits per heavy atom. The number of nitrogens with two attached hydrogens (primary N) is 1. The second kappa shape index (κ2) is 5.57. The van der Waals surface area contributed by atoms with Gasteiger partial charge in [0.1, 0.15) is 5.82 Å². The van der Waals surface area contributed by atoms with Crippen molar-refractivity contribution in [2.45, 2.75) is 25.4 Å². The average Bonchev–Trinajstić information content (AvgIpc) is 2.67. The predicted molar refractivity (Wildman–Crippen MR) is 72.1 cm³/mol. The van der Waals surface area contributed by atoms with Gasteiger partial charge in [0, 0.05) is 19.6 Å². The molecule has 2 atom stereocenters. The highest BCUT2D eigenvalue weighted by Crippen LogP contribution is 2.30. The zero-order chi connectivity index (χ0) is 14.0. The summed E-state index contributed by atoms with van der Waals surface area (Å²) in [5.74, 6) is -0.271. The first kappa shape index (κ1) is 13.8. The van der Waals surface area contributed by atoms with Crippen LogP contribution in [0.5, 0.6) is 0 Å². The number of hydrogen-bond acceptors (Lipinski definition) is 2. The Balaban J connectivity index is 2.18. The molecule has 2 amide bonds. The fourth-order valence-electron chi connectivity index (χ4n) is 2.53. The molecule has 19 heavy (non-hydrogen) atoms. The zero-order valence-electron chi connectivity index (χ0n) is 11.3. The molecule has 0 saturated carbocycles. The van der Waals surface area contributed by atoms with Gasteiger partial charge in [0.25, 0.3) is 0 Å². The Morgan fingerprint density at radius 3 is 2.89 bits per heavy atom. The summed E-state index contributed by atoms with van der Waals surface area (Å²) in [4.78, 5) is 15.7. The number of likely N-dealkylation sites (N-methyl/N-ethyl adjacent to an activating group) is 1. The quantitative estimate of drug-likeness (QED) is 0.905. The molecule has 1 aromatic rings. The highest BCUT2D eigenvalue weighted by molar-refractivity contribution is 5.77. The fraction of sp³-hybridized carbons (Fsp3) is 0.500. The Morgan fingerprint density at radius 1 is 1.53 bits per heavy atom. The molecule has 2 rings (SSSR count). The summed E-state index contributed by atoms with van der Waals surface area (Å²) in [6.45, 7) is 3.13. The maximum atomic E-state index is 13.3. The number of nitrogens with zero attached hydrogens (tertiary/aromatic N) is 2. The Labute approximate surface area is 113 Å². The van der Waals surface area contributed by atoms with E-state index in [1.807, 2.05) is 17.9 Å². The molecule has 0 bridgehead atoms. The second-order valence-corrected chi connectivity index (χ2v) is 5.04. The number of amides is 2. The van der Waals surface area contributed by atoms with E-state index < -0.39 is 0 Å². The van der Waals surface area contributed by atoms with Gasteiger partial charge in [-0.15, -0.1) is 0 Å². The molecule has 1 heterocycles. The molecular weight excluding hydrogens is 245 g/mol. The summed E-state index contributed by atoms with van der Waals surface area (Å²) in [7, 11) is 1.76. The summed E-state index contributed by atoms with van der Waals surface area (Å²) in [5, 5.41) is 0. The number of carbonyl (C=O) groups excluding carboxylic acids is 1. The first-order valence-corrected chi connectivity index (χ1v) is 6.53. The van der Waals surface area contributed by atoms with Gasteiger partial charge >= 0.3 is 6.03 Å². The lowest BCUT2D eigenvalue weighted by atomic mass is 10.1. The smallest absolute Gasteiger partial charge is 0.320 e. The van der Waals surface area contributed by atoms with Crippen molar-refractivity contribution < 1.29 is 9.18 Å². The summed E-state index contributed by atoms with van der Waals surface area (Å²) in [5.41, 5.74) is 6.37. The highest BCUT2D eigenvalue weighted by atomic mass is 19.1. The van der Waals surface area contributed by atoms with Crippen LogP contribution < -0.4 is 5.73 Å². The normalized spacial score (nSPS) is 21.1. The monoisotopic (exact) mass is 265 g/mol. The van der Waals surface area contributed by atoms with Crippen LogP contribution in [0.3, 0.4) is 0 Å². The van der Waals surface area contributed by atoms with Crippen molar-refractivity contribution in [2.75, 3.05) is 20.1 Å². The molecule has 1 aromatic carbocycles. The van der Waals surface area contributed by atoms with Gasteiger partial charge in [-0.25, -0.2) is 9.18 Å². The van der Waals surface area contributed by atoms with E-state index in [1.165, 1.54) is 12.1 Å². The lowest BCUT2D eigenvalue weighted by Crippen LogP contribution is -2.37. The highest BCUT2D eigenvalue weighted by Gasteiger charge is 2.37. The second-order valence-electron chi connectivity index (χ2n) is 5.04. The lowest BCUT2D eigenvalue weighted by molar-refractivity contribution is 0.182. The molecule has 0 radical (unpaired) electrons. The minimum absolute atomic E-state index is 0.0183. The van der Waals surface area contributed by atoms with Gasteiger partial charge in [-0.1, -0.05) is 12.1 Å². The van der Waals surface area contributed by atoms with Crippen molar-refractivity contribution in [3.05, 3.63) is 35.6 Å². The van der Waals surface area contributed by atoms with Gasteiger partial charge in [0.05, 0.1) is 6.04 Å². The molecule has 0 aromatic heterocycles. The molecule has 2 N–H and O–H groups in total. The maximum Gasteiger partial charge on any atom is 0.320 e. The summed E-state index contributed by atoms with van der Waals surface area (Å²) >= 11 is 0. The van der Waals surface area contributed by atoms with E-state index in [0.717, 1.165) is 12.0 Å². The third kappa shape index (κ3) is 2.71. The third-order valence-electron chi connectivity index (χ3n) is 3.73. The van der Waals surface area contributed by atoms with Crippen molar-refractivity contribution in [1.29, 1.82) is 0 Å². The largest absolute Gasteiger partial charge is 0.330 e. The number of halogens is 1. The molecule has 2 unspecified atom stereocenters. The first-order valence-electron chi connectivity index (χ1n) is 6.53. The first-order chi connectivity index (χ1) is 9.04. The summed E-state index contributed by atoms with van der Waals surface area (Å²) < 4.78 is 13.3. The van der Waals surface area contributed by atoms with Crippen LogP contribution in [0, 0.1) is 5.82 Å². The molecule has 4 nitrogen and oxygen atoms in total. The Kier molecular flexibility index (Phi) is 4.04. The summed E-state index contributed by atoms with van der Waals surface area (Å²) in [6.07, 6.45) is 0.773. The van der Waals surface area contributed by atoms with E-state index in [1.54, 1.807) is 18.0 Å². The standard InChI is InChI=1S/C14H20FN3O/c1-10(6-7-16)18-9-13(17(2)14(18)19)11-4-3-5-12(15)8-11/h3-5,8,10,13H,6-7,9,16H2,1-2H3. The molecule has 1 aliphatic heterocycles. The van der Waals surface area contributed by atoms with Crippen molar-refractivity contribution in [3.8, 4) is 0 Å². The van der Waals surface area contributed by atoms with Crippen molar-refractivity contribution in [3.63, 3.8) is 0 Å². The number of urea groups is 1. The average molecular weight is 265 g/mol. The predicted octanol–water partition coefficient (Wildman–Crippen LogP) is 1.97. The zero-order valence-corrected chi connectivity index (χ0v) is 11.3. The minimum atomic E-state index is -0.271. The van der Waals surface area contributed by atoms with E-state index in [2.05, 4.69) is 0 Å². The van der Waals surface area contributed by atoms with Crippen LogP contribution in [0.2, 0.25) is 0 Å². The van der Waals surface area contributed by atoms with Crippen LogP contribution in [-0.2, 0) is 0 Å². The molecule has 1 saturated heterocycles. The van der Waals surface area contributed by atoms with Crippen LogP contribution in [-0.4, -0.2) is 42.0 Å². The molecule has 0 spiro atoms. The van der Waals surface area contributed by atoms with Gasteiger partial charge < -0.3 is 15.5 Å². The topological polar surface area (TPSA) is 49.6 Å². The molecule has 0 aliphatic carbocycles. The number of hydrogen-bond donors (Lipinski definition) is 1. The van der Waals surface area contributed by atoms with Crippen LogP contribution in [0.15, 0.2) is 24.3 Å². The van der Waals surface area contributed by atoms with Gasteiger partial charge in [0.15, 0.2) is 0 Å². The van der Waals surface area contributed by atoms with Crippen LogP contribution >= 0.6 is 0 Å². The van der Waals surface area contributed by atoms with Crippen LogP contribution in [0.25, 0.3) is 0 Å². The van der Waals surface area contributed by atoms with E-state index in [-0.39, 0.29) is 23.9 Å². The molecular formula is C14H20FN3O. The fourth-order valence-corrected chi connectivity index (χ4v) is 2.53. The van der Waals surface area contributed by atoms with E-state index in [4.69, 9.17) is 5.73 Å². The molecule has 104 valence electrons. The number of benzene rings is 1. The lowest BCUT2D eigenvalue weighted by Gasteiger charge is -2.23. The molecule has 1 fully saturated rings. The maximum absolute atomic E-state index is 13.3. The van der Waals surface area contributed by atoms with E-state index >= 15 is 0 Å². The number of carbonyl (C=O) groups is 1. The van der Waals surface area contributed by atoms with E-state index in [9.17, 15) is 9.18 Å². The summed E-state index contributed by atoms with van der Waals surface area (Å²) in [6, 6.07) is 6.43. The van der Waals surface area contributed by atoms with Gasteiger partial charge in [-0.2, -0.15) is 0 Å². The van der Waals surface area contributed by atoms with Crippen LogP contribution in [0.4, 0.5) is 9.18 Å². The Bertz CT molecular complexity index is 466. The number of rotatable bonds is 4. The molecule has 1 aliphatic rings. The van der Waals surface area contributed by atoms with Gasteiger partial charge in [-0.3, -0.25) is 0 Å². The molecule has 5 heteroatoms.